The van der Waals surface area contributed by atoms with E-state index in [9.17, 15) is 0 Å². The Labute approximate surface area is 114 Å². The van der Waals surface area contributed by atoms with Crippen LogP contribution >= 0.6 is 0 Å². The van der Waals surface area contributed by atoms with E-state index in [0.29, 0.717) is 0 Å². The van der Waals surface area contributed by atoms with Crippen LogP contribution in [0.3, 0.4) is 0 Å². The molecule has 1 N–H and O–H groups in total. The molecule has 100 valence electrons. The highest BCUT2D eigenvalue weighted by Crippen LogP contribution is 2.22. The highest BCUT2D eigenvalue weighted by Gasteiger charge is 2.11. The summed E-state index contributed by atoms with van der Waals surface area (Å²) in [5, 5.41) is 3.58. The lowest BCUT2D eigenvalue weighted by atomic mass is 10.0. The van der Waals surface area contributed by atoms with Crippen molar-refractivity contribution in [1.29, 1.82) is 0 Å². The van der Waals surface area contributed by atoms with E-state index in [0.717, 1.165) is 5.75 Å². The van der Waals surface area contributed by atoms with Crippen molar-refractivity contribution in [3.05, 3.63) is 59.9 Å². The fourth-order valence-electron chi connectivity index (χ4n) is 2.13. The summed E-state index contributed by atoms with van der Waals surface area (Å²) >= 11 is 0. The molecule has 0 spiro atoms. The number of methoxy groups -OCH3 is 1. The van der Waals surface area contributed by atoms with Gasteiger partial charge in [-0.1, -0.05) is 12.1 Å². The molecule has 1 aromatic carbocycles. The zero-order valence-electron chi connectivity index (χ0n) is 11.6. The predicted molar refractivity (Wildman–Crippen MR) is 77.2 cm³/mol. The Morgan fingerprint density at radius 1 is 1.00 bits per heavy atom. The van der Waals surface area contributed by atoms with Gasteiger partial charge in [-0.2, -0.15) is 0 Å². The van der Waals surface area contributed by atoms with Gasteiger partial charge >= 0.3 is 0 Å². The molecule has 0 bridgehead atoms. The van der Waals surface area contributed by atoms with Gasteiger partial charge in [-0.05, 0) is 49.2 Å². The first-order valence-corrected chi connectivity index (χ1v) is 6.50. The van der Waals surface area contributed by atoms with Crippen molar-refractivity contribution in [3.63, 3.8) is 0 Å². The van der Waals surface area contributed by atoms with Crippen LogP contribution in [0.4, 0.5) is 0 Å². The van der Waals surface area contributed by atoms with E-state index in [2.05, 4.69) is 36.3 Å². The number of hydrogen-bond donors (Lipinski definition) is 1. The van der Waals surface area contributed by atoms with Crippen molar-refractivity contribution >= 4 is 0 Å². The Morgan fingerprint density at radius 3 is 2.37 bits per heavy atom. The van der Waals surface area contributed by atoms with Gasteiger partial charge in [0, 0.05) is 24.5 Å². The van der Waals surface area contributed by atoms with Gasteiger partial charge in [-0.3, -0.25) is 4.98 Å². The van der Waals surface area contributed by atoms with E-state index in [1.54, 1.807) is 7.11 Å². The van der Waals surface area contributed by atoms with Crippen LogP contribution in [0.1, 0.15) is 37.1 Å². The van der Waals surface area contributed by atoms with Crippen LogP contribution in [-0.2, 0) is 0 Å². The van der Waals surface area contributed by atoms with Crippen LogP contribution in [-0.4, -0.2) is 12.1 Å². The SMILES string of the molecule is COc1cccc(C(C)NC(C)c2ccncc2)c1. The Hall–Kier alpha value is -1.87. The average molecular weight is 256 g/mol. The van der Waals surface area contributed by atoms with E-state index < -0.39 is 0 Å². The van der Waals surface area contributed by atoms with Gasteiger partial charge in [0.1, 0.15) is 5.75 Å². The molecule has 0 saturated heterocycles. The van der Waals surface area contributed by atoms with Gasteiger partial charge in [-0.25, -0.2) is 0 Å². The predicted octanol–water partition coefficient (Wildman–Crippen LogP) is 3.50. The summed E-state index contributed by atoms with van der Waals surface area (Å²) in [7, 11) is 1.69. The van der Waals surface area contributed by atoms with E-state index >= 15 is 0 Å². The summed E-state index contributed by atoms with van der Waals surface area (Å²) in [5.41, 5.74) is 2.46. The van der Waals surface area contributed by atoms with Crippen LogP contribution in [0.2, 0.25) is 0 Å². The topological polar surface area (TPSA) is 34.1 Å². The summed E-state index contributed by atoms with van der Waals surface area (Å²) in [6.07, 6.45) is 3.65. The lowest BCUT2D eigenvalue weighted by Gasteiger charge is -2.21. The molecule has 0 amide bonds. The molecule has 2 atom stereocenters. The maximum Gasteiger partial charge on any atom is 0.119 e. The third-order valence-corrected chi connectivity index (χ3v) is 3.30. The number of nitrogens with one attached hydrogen (secondary N) is 1. The zero-order chi connectivity index (χ0) is 13.7. The van der Waals surface area contributed by atoms with Crippen LogP contribution in [0, 0.1) is 0 Å². The minimum atomic E-state index is 0.262. The molecule has 2 unspecified atom stereocenters. The van der Waals surface area contributed by atoms with Crippen molar-refractivity contribution in [2.45, 2.75) is 25.9 Å². The third-order valence-electron chi connectivity index (χ3n) is 3.30. The molecule has 3 heteroatoms. The third kappa shape index (κ3) is 3.55. The highest BCUT2D eigenvalue weighted by molar-refractivity contribution is 5.30. The Morgan fingerprint density at radius 2 is 1.68 bits per heavy atom. The number of hydrogen-bond acceptors (Lipinski definition) is 3. The molecule has 0 saturated carbocycles. The molecule has 0 aliphatic heterocycles. The van der Waals surface area contributed by atoms with E-state index in [4.69, 9.17) is 4.74 Å². The second-order valence-corrected chi connectivity index (χ2v) is 4.67. The van der Waals surface area contributed by atoms with Gasteiger partial charge in [0.05, 0.1) is 7.11 Å². The van der Waals surface area contributed by atoms with Crippen molar-refractivity contribution in [1.82, 2.24) is 10.3 Å². The minimum Gasteiger partial charge on any atom is -0.497 e. The minimum absolute atomic E-state index is 0.262. The molecule has 0 aliphatic rings. The molecular formula is C16H20N2O. The Bertz CT molecular complexity index is 513. The highest BCUT2D eigenvalue weighted by atomic mass is 16.5. The van der Waals surface area contributed by atoms with Gasteiger partial charge in [0.25, 0.3) is 0 Å². The van der Waals surface area contributed by atoms with Gasteiger partial charge in [0.15, 0.2) is 0 Å². The zero-order valence-corrected chi connectivity index (χ0v) is 11.6. The van der Waals surface area contributed by atoms with Crippen molar-refractivity contribution in [2.24, 2.45) is 0 Å². The molecule has 0 radical (unpaired) electrons. The Balaban J connectivity index is 2.06. The first kappa shape index (κ1) is 13.6. The molecule has 0 fully saturated rings. The second-order valence-electron chi connectivity index (χ2n) is 4.67. The van der Waals surface area contributed by atoms with Crippen LogP contribution < -0.4 is 10.1 Å². The molecule has 3 nitrogen and oxygen atoms in total. The van der Waals surface area contributed by atoms with Gasteiger partial charge < -0.3 is 10.1 Å². The van der Waals surface area contributed by atoms with Crippen molar-refractivity contribution < 1.29 is 4.74 Å². The number of benzene rings is 1. The normalized spacial score (nSPS) is 13.8. The number of pyridine rings is 1. The first-order valence-electron chi connectivity index (χ1n) is 6.50. The molecule has 2 rings (SSSR count). The molecule has 2 aromatic rings. The van der Waals surface area contributed by atoms with Crippen molar-refractivity contribution in [2.75, 3.05) is 7.11 Å². The summed E-state index contributed by atoms with van der Waals surface area (Å²) in [6.45, 7) is 4.32. The van der Waals surface area contributed by atoms with Crippen LogP contribution in [0.15, 0.2) is 48.8 Å². The van der Waals surface area contributed by atoms with E-state index in [1.807, 2.05) is 36.7 Å². The monoisotopic (exact) mass is 256 g/mol. The van der Waals surface area contributed by atoms with Crippen LogP contribution in [0.25, 0.3) is 0 Å². The molecule has 1 aromatic heterocycles. The summed E-state index contributed by atoms with van der Waals surface area (Å²) in [4.78, 5) is 4.04. The smallest absolute Gasteiger partial charge is 0.119 e. The first-order chi connectivity index (χ1) is 9.20. The molecule has 19 heavy (non-hydrogen) atoms. The fourth-order valence-corrected chi connectivity index (χ4v) is 2.13. The average Bonchev–Trinajstić information content (AvgIpc) is 2.48. The quantitative estimate of drug-likeness (QED) is 0.889. The number of aromatic nitrogens is 1. The largest absolute Gasteiger partial charge is 0.497 e. The molecule has 1 heterocycles. The van der Waals surface area contributed by atoms with Gasteiger partial charge in [-0.15, -0.1) is 0 Å². The Kier molecular flexibility index (Phi) is 4.53. The number of rotatable bonds is 5. The summed E-state index contributed by atoms with van der Waals surface area (Å²) in [5.74, 6) is 0.891. The maximum absolute atomic E-state index is 5.26. The molecule has 0 aliphatic carbocycles. The lowest BCUT2D eigenvalue weighted by Crippen LogP contribution is -2.22. The van der Waals surface area contributed by atoms with Crippen molar-refractivity contribution in [3.8, 4) is 5.75 Å². The standard InChI is InChI=1S/C16H20N2O/c1-12(14-7-9-17-10-8-14)18-13(2)15-5-4-6-16(11-15)19-3/h4-13,18H,1-3H3. The maximum atomic E-state index is 5.26. The summed E-state index contributed by atoms with van der Waals surface area (Å²) < 4.78 is 5.26. The van der Waals surface area contributed by atoms with Gasteiger partial charge in [0.2, 0.25) is 0 Å². The van der Waals surface area contributed by atoms with Crippen LogP contribution in [0.5, 0.6) is 5.75 Å². The summed E-state index contributed by atoms with van der Waals surface area (Å²) in [6, 6.07) is 12.8. The lowest BCUT2D eigenvalue weighted by molar-refractivity contribution is 0.412. The molecular weight excluding hydrogens is 236 g/mol. The van der Waals surface area contributed by atoms with E-state index in [1.165, 1.54) is 11.1 Å². The number of nitrogens with zero attached hydrogens (tertiary/aromatic N) is 1. The number of ether oxygens (including phenoxy) is 1. The second kappa shape index (κ2) is 6.34. The van der Waals surface area contributed by atoms with E-state index in [-0.39, 0.29) is 12.1 Å². The fraction of sp³-hybridized carbons (Fsp3) is 0.312.